The third kappa shape index (κ3) is 2.47. The van der Waals surface area contributed by atoms with E-state index in [1.54, 1.807) is 0 Å². The number of pyridine rings is 1. The molecule has 0 amide bonds. The molecule has 1 aromatic heterocycles. The van der Waals surface area contributed by atoms with Crippen molar-refractivity contribution in [1.29, 1.82) is 0 Å². The number of halogens is 1. The quantitative estimate of drug-likeness (QED) is 0.364. The molecule has 1 aromatic rings. The highest BCUT2D eigenvalue weighted by Crippen LogP contribution is 1.87. The van der Waals surface area contributed by atoms with E-state index in [4.69, 9.17) is 0 Å². The molecule has 0 atom stereocenters. The Morgan fingerprint density at radius 3 is 2.00 bits per heavy atom. The van der Waals surface area contributed by atoms with Gasteiger partial charge in [0.2, 0.25) is 0 Å². The van der Waals surface area contributed by atoms with Crippen molar-refractivity contribution in [3.05, 3.63) is 30.1 Å². The largest absolute Gasteiger partial charge is 1.00 e. The van der Waals surface area contributed by atoms with Gasteiger partial charge in [-0.25, -0.2) is 4.57 Å². The third-order valence-electron chi connectivity index (χ3n) is 1.15. The van der Waals surface area contributed by atoms with Crippen molar-refractivity contribution in [2.75, 3.05) is 0 Å². The highest BCUT2D eigenvalue weighted by Gasteiger charge is 1.85. The van der Waals surface area contributed by atoms with Gasteiger partial charge >= 0.3 is 0 Å². The van der Waals surface area contributed by atoms with E-state index in [0.29, 0.717) is 0 Å². The monoisotopic (exact) mass is 143 g/mol. The molecule has 2 heteroatoms. The minimum Gasteiger partial charge on any atom is -1.00 e. The Hall–Kier alpha value is -0.560. The van der Waals surface area contributed by atoms with Crippen molar-refractivity contribution in [1.82, 2.24) is 0 Å². The van der Waals surface area contributed by atoms with Gasteiger partial charge < -0.3 is 12.4 Å². The first-order chi connectivity index (χ1) is 3.79. The maximum absolute atomic E-state index is 2.08. The van der Waals surface area contributed by atoms with Crippen LogP contribution in [-0.4, -0.2) is 0 Å². The first kappa shape index (κ1) is 8.44. The Labute approximate surface area is 61.7 Å². The van der Waals surface area contributed by atoms with Crippen LogP contribution in [0.25, 0.3) is 0 Å². The number of aromatic nitrogens is 1. The van der Waals surface area contributed by atoms with Crippen LogP contribution in [0.15, 0.2) is 24.5 Å². The normalized spacial score (nSPS) is 8.22. The maximum Gasteiger partial charge on any atom is 0.168 e. The molecular weight excluding hydrogens is 134 g/mol. The van der Waals surface area contributed by atoms with Gasteiger partial charge in [0, 0.05) is 12.1 Å². The zero-order valence-corrected chi connectivity index (χ0v) is 6.39. The number of rotatable bonds is 0. The summed E-state index contributed by atoms with van der Waals surface area (Å²) in [4.78, 5) is 0. The van der Waals surface area contributed by atoms with Crippen LogP contribution in [0.2, 0.25) is 0 Å². The summed E-state index contributed by atoms with van der Waals surface area (Å²) >= 11 is 0. The number of nitrogens with zero attached hydrogens (tertiary/aromatic N) is 1. The lowest BCUT2D eigenvalue weighted by molar-refractivity contribution is -0.671. The summed E-state index contributed by atoms with van der Waals surface area (Å²) in [6, 6.07) is 4.17. The summed E-state index contributed by atoms with van der Waals surface area (Å²) < 4.78 is 2.02. The van der Waals surface area contributed by atoms with Crippen LogP contribution in [0.4, 0.5) is 0 Å². The predicted octanol–water partition coefficient (Wildman–Crippen LogP) is -2.18. The van der Waals surface area contributed by atoms with E-state index < -0.39 is 0 Å². The minimum atomic E-state index is 0. The fourth-order valence-electron chi connectivity index (χ4n) is 0.576. The Kier molecular flexibility index (Phi) is 3.25. The van der Waals surface area contributed by atoms with E-state index in [0.717, 1.165) is 0 Å². The smallest absolute Gasteiger partial charge is 0.168 e. The van der Waals surface area contributed by atoms with Crippen LogP contribution in [0.1, 0.15) is 5.56 Å². The van der Waals surface area contributed by atoms with Gasteiger partial charge in [-0.15, -0.1) is 0 Å². The Morgan fingerprint density at radius 1 is 1.22 bits per heavy atom. The molecule has 1 nitrogen and oxygen atoms in total. The third-order valence-corrected chi connectivity index (χ3v) is 1.15. The molecule has 0 aliphatic carbocycles. The number of aryl methyl sites for hydroxylation is 2. The van der Waals surface area contributed by atoms with Crippen molar-refractivity contribution in [3.63, 3.8) is 0 Å². The standard InChI is InChI=1S/C7H10N.ClH/c1-7-3-5-8(2)6-4-7;/h3-6H,1-2H3;1H/q+1;/p-1. The lowest BCUT2D eigenvalue weighted by atomic mass is 10.3. The molecule has 1 heterocycles. The highest BCUT2D eigenvalue weighted by molar-refractivity contribution is 5.02. The molecule has 0 spiro atoms. The summed E-state index contributed by atoms with van der Waals surface area (Å²) in [5, 5.41) is 0. The SMILES string of the molecule is Cc1cc[n+](C)cc1.[Cl-]. The van der Waals surface area contributed by atoms with Gasteiger partial charge in [0.15, 0.2) is 12.4 Å². The van der Waals surface area contributed by atoms with E-state index in [9.17, 15) is 0 Å². The molecule has 0 fully saturated rings. The van der Waals surface area contributed by atoms with Crippen LogP contribution in [0, 0.1) is 6.92 Å². The lowest BCUT2D eigenvalue weighted by Gasteiger charge is -1.85. The average molecular weight is 144 g/mol. The summed E-state index contributed by atoms with van der Waals surface area (Å²) in [5.74, 6) is 0. The number of hydrogen-bond donors (Lipinski definition) is 0. The van der Waals surface area contributed by atoms with E-state index in [-0.39, 0.29) is 12.4 Å². The Balaban J connectivity index is 0.000000640. The fraction of sp³-hybridized carbons (Fsp3) is 0.286. The molecule has 0 bridgehead atoms. The van der Waals surface area contributed by atoms with Crippen LogP contribution in [0.5, 0.6) is 0 Å². The second-order valence-electron chi connectivity index (χ2n) is 2.04. The Morgan fingerprint density at radius 2 is 1.67 bits per heavy atom. The van der Waals surface area contributed by atoms with Gasteiger partial charge in [0.25, 0.3) is 0 Å². The van der Waals surface area contributed by atoms with Crippen molar-refractivity contribution in [3.8, 4) is 0 Å². The van der Waals surface area contributed by atoms with Crippen molar-refractivity contribution < 1.29 is 17.0 Å². The van der Waals surface area contributed by atoms with Crippen LogP contribution >= 0.6 is 0 Å². The summed E-state index contributed by atoms with van der Waals surface area (Å²) in [6.45, 7) is 2.08. The van der Waals surface area contributed by atoms with Crippen molar-refractivity contribution in [2.24, 2.45) is 7.05 Å². The molecule has 9 heavy (non-hydrogen) atoms. The minimum absolute atomic E-state index is 0. The first-order valence-electron chi connectivity index (χ1n) is 2.71. The molecule has 0 N–H and O–H groups in total. The first-order valence-corrected chi connectivity index (χ1v) is 2.71. The van der Waals surface area contributed by atoms with E-state index >= 15 is 0 Å². The van der Waals surface area contributed by atoms with Gasteiger partial charge in [-0.1, -0.05) is 0 Å². The summed E-state index contributed by atoms with van der Waals surface area (Å²) in [7, 11) is 2.01. The lowest BCUT2D eigenvalue weighted by Crippen LogP contribution is -3.00. The van der Waals surface area contributed by atoms with Crippen molar-refractivity contribution >= 4 is 0 Å². The zero-order chi connectivity index (χ0) is 5.98. The van der Waals surface area contributed by atoms with E-state index in [1.807, 2.05) is 24.0 Å². The second kappa shape index (κ2) is 3.46. The van der Waals surface area contributed by atoms with Gasteiger partial charge in [0.05, 0.1) is 0 Å². The average Bonchev–Trinajstić information content (AvgIpc) is 1.77. The molecule has 1 rings (SSSR count). The van der Waals surface area contributed by atoms with Crippen molar-refractivity contribution in [2.45, 2.75) is 6.92 Å². The van der Waals surface area contributed by atoms with Crippen LogP contribution < -0.4 is 17.0 Å². The molecule has 0 aliphatic heterocycles. The highest BCUT2D eigenvalue weighted by atomic mass is 35.5. The Bertz CT molecular complexity index is 148. The van der Waals surface area contributed by atoms with Gasteiger partial charge in [-0.2, -0.15) is 0 Å². The molecule has 0 saturated carbocycles. The fourth-order valence-corrected chi connectivity index (χ4v) is 0.576. The zero-order valence-electron chi connectivity index (χ0n) is 5.63. The molecular formula is C7H10ClN. The summed E-state index contributed by atoms with van der Waals surface area (Å²) in [6.07, 6.45) is 4.07. The van der Waals surface area contributed by atoms with Gasteiger partial charge in [0.1, 0.15) is 7.05 Å². The topological polar surface area (TPSA) is 3.88 Å². The van der Waals surface area contributed by atoms with E-state index in [1.165, 1.54) is 5.56 Å². The summed E-state index contributed by atoms with van der Waals surface area (Å²) in [5.41, 5.74) is 1.31. The molecule has 0 saturated heterocycles. The molecule has 50 valence electrons. The number of hydrogen-bond acceptors (Lipinski definition) is 0. The molecule has 0 aromatic carbocycles. The molecule has 0 radical (unpaired) electrons. The van der Waals surface area contributed by atoms with Gasteiger partial charge in [-0.05, 0) is 12.5 Å². The van der Waals surface area contributed by atoms with Crippen LogP contribution in [0.3, 0.4) is 0 Å². The van der Waals surface area contributed by atoms with E-state index in [2.05, 4.69) is 19.1 Å². The molecule has 0 aliphatic rings. The maximum atomic E-state index is 2.08. The van der Waals surface area contributed by atoms with Gasteiger partial charge in [-0.3, -0.25) is 0 Å². The second-order valence-corrected chi connectivity index (χ2v) is 2.04. The van der Waals surface area contributed by atoms with Crippen LogP contribution in [-0.2, 0) is 7.05 Å². The molecule has 0 unspecified atom stereocenters. The predicted molar refractivity (Wildman–Crippen MR) is 32.4 cm³/mol.